The molecule has 8 heteroatoms. The predicted molar refractivity (Wildman–Crippen MR) is 110 cm³/mol. The molecule has 5 rings (SSSR count). The summed E-state index contributed by atoms with van der Waals surface area (Å²) in [5, 5.41) is 4.50. The topological polar surface area (TPSA) is 83.4 Å². The maximum absolute atomic E-state index is 12.4. The van der Waals surface area contributed by atoms with Gasteiger partial charge in [-0.05, 0) is 30.9 Å². The summed E-state index contributed by atoms with van der Waals surface area (Å²) in [6.07, 6.45) is 7.79. The first-order valence-electron chi connectivity index (χ1n) is 9.32. The number of aromatic nitrogens is 3. The van der Waals surface area contributed by atoms with Gasteiger partial charge in [0, 0.05) is 36.7 Å². The Bertz CT molecular complexity index is 1120. The van der Waals surface area contributed by atoms with Crippen molar-refractivity contribution in [3.63, 3.8) is 0 Å². The third-order valence-electron chi connectivity index (χ3n) is 5.37. The number of carbonyl (C=O) groups excluding carboxylic acids is 1. The smallest absolute Gasteiger partial charge is 0.225 e. The van der Waals surface area contributed by atoms with E-state index in [1.807, 2.05) is 26.5 Å². The van der Waals surface area contributed by atoms with E-state index in [1.165, 1.54) is 10.4 Å². The fourth-order valence-electron chi connectivity index (χ4n) is 3.97. The Morgan fingerprint density at radius 1 is 1.29 bits per heavy atom. The van der Waals surface area contributed by atoms with Crippen LogP contribution in [0.25, 0.3) is 10.2 Å². The fraction of sp³-hybridized carbons (Fsp3) is 0.350. The lowest BCUT2D eigenvalue weighted by atomic mass is 9.87. The minimum atomic E-state index is 0.0557. The molecule has 142 valence electrons. The zero-order valence-corrected chi connectivity index (χ0v) is 16.6. The van der Waals surface area contributed by atoms with Crippen LogP contribution in [0.4, 0.5) is 11.5 Å². The van der Waals surface area contributed by atoms with E-state index >= 15 is 0 Å². The van der Waals surface area contributed by atoms with Gasteiger partial charge in [0.1, 0.15) is 17.0 Å². The van der Waals surface area contributed by atoms with Gasteiger partial charge in [0.2, 0.25) is 5.91 Å². The average Bonchev–Trinajstić information content (AvgIpc) is 3.30. The van der Waals surface area contributed by atoms with Crippen LogP contribution < -0.4 is 5.32 Å². The molecule has 3 aromatic rings. The molecule has 0 saturated heterocycles. The summed E-state index contributed by atoms with van der Waals surface area (Å²) in [7, 11) is 3.65. The van der Waals surface area contributed by atoms with Gasteiger partial charge >= 0.3 is 0 Å². The number of aryl methyl sites for hydroxylation is 1. The largest absolute Gasteiger partial charge is 0.349 e. The number of thiophene rings is 1. The van der Waals surface area contributed by atoms with Crippen molar-refractivity contribution in [2.24, 2.45) is 10.9 Å². The number of hydrogen-bond acceptors (Lipinski definition) is 7. The average molecular weight is 392 g/mol. The molecular weight excluding hydrogens is 372 g/mol. The zero-order valence-electron chi connectivity index (χ0n) is 15.8. The molecule has 1 aliphatic heterocycles. The van der Waals surface area contributed by atoms with Gasteiger partial charge < -0.3 is 10.2 Å². The summed E-state index contributed by atoms with van der Waals surface area (Å²) in [5.74, 6) is 1.06. The zero-order chi connectivity index (χ0) is 19.3. The molecule has 1 atom stereocenters. The number of hydrogen-bond donors (Lipinski definition) is 1. The first-order chi connectivity index (χ1) is 13.6. The lowest BCUT2D eigenvalue weighted by Crippen LogP contribution is -2.32. The number of nitrogens with zero attached hydrogens (tertiary/aromatic N) is 5. The standard InChI is InChI=1S/C20H20N6OS/c1-26(2)20(27)11-3-4-14-16(6-11)28-19-17(14)18(23-10-24-19)25-13-5-12-7-21-9-15(12)22-8-13/h5,7-8,10-11H,3-4,6,9H2,1-2H3,(H,23,24,25)/t11-/m0/s1. The molecule has 7 nitrogen and oxygen atoms in total. The van der Waals surface area contributed by atoms with E-state index in [2.05, 4.69) is 31.3 Å². The van der Waals surface area contributed by atoms with Crippen LogP contribution in [0.5, 0.6) is 0 Å². The summed E-state index contributed by atoms with van der Waals surface area (Å²) < 4.78 is 0. The number of nitrogens with one attached hydrogen (secondary N) is 1. The number of rotatable bonds is 3. The molecule has 0 bridgehead atoms. The molecule has 0 fully saturated rings. The fourth-order valence-corrected chi connectivity index (χ4v) is 5.24. The van der Waals surface area contributed by atoms with Crippen molar-refractivity contribution in [1.29, 1.82) is 0 Å². The Kier molecular flexibility index (Phi) is 4.08. The molecule has 0 saturated carbocycles. The number of aliphatic imine (C=N–C) groups is 1. The molecule has 1 N–H and O–H groups in total. The van der Waals surface area contributed by atoms with E-state index in [4.69, 9.17) is 0 Å². The van der Waals surface area contributed by atoms with Crippen LogP contribution in [-0.2, 0) is 24.2 Å². The van der Waals surface area contributed by atoms with Crippen LogP contribution >= 0.6 is 11.3 Å². The van der Waals surface area contributed by atoms with Crippen molar-refractivity contribution < 1.29 is 4.79 Å². The van der Waals surface area contributed by atoms with Crippen LogP contribution in [0.1, 0.15) is 28.1 Å². The summed E-state index contributed by atoms with van der Waals surface area (Å²) in [6.45, 7) is 0.651. The van der Waals surface area contributed by atoms with Crippen molar-refractivity contribution in [3.05, 3.63) is 40.3 Å². The number of pyridine rings is 1. The Labute approximate surface area is 166 Å². The number of fused-ring (bicyclic) bond motifs is 4. The SMILES string of the molecule is CN(C)C(=O)[C@H]1CCc2c(sc3ncnc(Nc4cnc5c(c4)C=NC5)c23)C1. The molecule has 1 aliphatic carbocycles. The van der Waals surface area contributed by atoms with Crippen molar-refractivity contribution in [2.75, 3.05) is 19.4 Å². The highest BCUT2D eigenvalue weighted by atomic mass is 32.1. The Morgan fingerprint density at radius 2 is 2.18 bits per heavy atom. The lowest BCUT2D eigenvalue weighted by molar-refractivity contribution is -0.133. The first-order valence-corrected chi connectivity index (χ1v) is 10.1. The predicted octanol–water partition coefficient (Wildman–Crippen LogP) is 2.96. The molecule has 0 spiro atoms. The highest BCUT2D eigenvalue weighted by Crippen LogP contribution is 2.40. The Morgan fingerprint density at radius 3 is 3.04 bits per heavy atom. The van der Waals surface area contributed by atoms with Crippen molar-refractivity contribution >= 4 is 45.2 Å². The number of anilines is 2. The highest BCUT2D eigenvalue weighted by molar-refractivity contribution is 7.19. The molecule has 1 amide bonds. The summed E-state index contributed by atoms with van der Waals surface area (Å²) >= 11 is 1.68. The lowest BCUT2D eigenvalue weighted by Gasteiger charge is -2.24. The van der Waals surface area contributed by atoms with Crippen molar-refractivity contribution in [1.82, 2.24) is 19.9 Å². The van der Waals surface area contributed by atoms with E-state index in [0.717, 1.165) is 52.2 Å². The normalized spacial score (nSPS) is 17.4. The monoisotopic (exact) mass is 392 g/mol. The van der Waals surface area contributed by atoms with Gasteiger partial charge in [-0.15, -0.1) is 11.3 Å². The molecule has 3 aromatic heterocycles. The molecule has 0 unspecified atom stereocenters. The second kappa shape index (κ2) is 6.63. The van der Waals surface area contributed by atoms with E-state index in [0.29, 0.717) is 6.54 Å². The van der Waals surface area contributed by atoms with E-state index in [-0.39, 0.29) is 11.8 Å². The third kappa shape index (κ3) is 2.84. The van der Waals surface area contributed by atoms with E-state index < -0.39 is 0 Å². The highest BCUT2D eigenvalue weighted by Gasteiger charge is 2.29. The molecule has 0 aromatic carbocycles. The van der Waals surface area contributed by atoms with Crippen molar-refractivity contribution in [3.8, 4) is 0 Å². The molecule has 28 heavy (non-hydrogen) atoms. The van der Waals surface area contributed by atoms with Gasteiger partial charge in [0.15, 0.2) is 0 Å². The minimum Gasteiger partial charge on any atom is -0.349 e. The molecular formula is C20H20N6OS. The van der Waals surface area contributed by atoms with Gasteiger partial charge in [0.25, 0.3) is 0 Å². The van der Waals surface area contributed by atoms with Crippen LogP contribution in [0.2, 0.25) is 0 Å². The molecule has 4 heterocycles. The van der Waals surface area contributed by atoms with Gasteiger partial charge in [-0.25, -0.2) is 9.97 Å². The summed E-state index contributed by atoms with van der Waals surface area (Å²) in [6, 6.07) is 2.05. The quantitative estimate of drug-likeness (QED) is 0.741. The number of carbonyl (C=O) groups is 1. The Hall–Kier alpha value is -2.87. The third-order valence-corrected chi connectivity index (χ3v) is 6.54. The van der Waals surface area contributed by atoms with Gasteiger partial charge in [-0.3, -0.25) is 14.8 Å². The molecule has 0 radical (unpaired) electrons. The van der Waals surface area contributed by atoms with E-state index in [1.54, 1.807) is 22.6 Å². The van der Waals surface area contributed by atoms with Gasteiger partial charge in [-0.2, -0.15) is 0 Å². The van der Waals surface area contributed by atoms with Crippen molar-refractivity contribution in [2.45, 2.75) is 25.8 Å². The Balaban J connectivity index is 1.50. The minimum absolute atomic E-state index is 0.0557. The second-order valence-electron chi connectivity index (χ2n) is 7.43. The molecule has 2 aliphatic rings. The first kappa shape index (κ1) is 17.2. The maximum Gasteiger partial charge on any atom is 0.225 e. The van der Waals surface area contributed by atoms with Crippen LogP contribution in [0, 0.1) is 5.92 Å². The summed E-state index contributed by atoms with van der Waals surface area (Å²) in [5.41, 5.74) is 4.22. The van der Waals surface area contributed by atoms with Crippen LogP contribution in [-0.4, -0.2) is 46.1 Å². The van der Waals surface area contributed by atoms with Crippen LogP contribution in [0.3, 0.4) is 0 Å². The number of amides is 1. The maximum atomic E-state index is 12.4. The second-order valence-corrected chi connectivity index (χ2v) is 8.52. The van der Waals surface area contributed by atoms with Gasteiger partial charge in [-0.1, -0.05) is 0 Å². The van der Waals surface area contributed by atoms with Gasteiger partial charge in [0.05, 0.1) is 29.5 Å². The van der Waals surface area contributed by atoms with Crippen LogP contribution in [0.15, 0.2) is 23.6 Å². The van der Waals surface area contributed by atoms with E-state index in [9.17, 15) is 4.79 Å². The summed E-state index contributed by atoms with van der Waals surface area (Å²) in [4.78, 5) is 34.1.